The predicted molar refractivity (Wildman–Crippen MR) is 62.0 cm³/mol. The van der Waals surface area contributed by atoms with Gasteiger partial charge in [0, 0.05) is 31.1 Å². The summed E-state index contributed by atoms with van der Waals surface area (Å²) in [5.41, 5.74) is 1.54. The fourth-order valence-electron chi connectivity index (χ4n) is 1.24. The maximum Gasteiger partial charge on any atom is 0.330 e. The first-order valence-electron chi connectivity index (χ1n) is 5.07. The molecule has 0 unspecified atom stereocenters. The summed E-state index contributed by atoms with van der Waals surface area (Å²) in [6, 6.07) is 3.90. The zero-order valence-electron chi connectivity index (χ0n) is 9.55. The van der Waals surface area contributed by atoms with Gasteiger partial charge in [-0.3, -0.25) is 9.88 Å². The summed E-state index contributed by atoms with van der Waals surface area (Å²) in [5, 5.41) is 8.69. The summed E-state index contributed by atoms with van der Waals surface area (Å²) in [7, 11) is 1.95. The monoisotopic (exact) mass is 220 g/mol. The first kappa shape index (κ1) is 12.4. The third-order valence-corrected chi connectivity index (χ3v) is 2.25. The lowest BCUT2D eigenvalue weighted by atomic mass is 10.2. The van der Waals surface area contributed by atoms with Crippen molar-refractivity contribution in [1.82, 2.24) is 9.88 Å². The Bertz CT molecular complexity index is 374. The van der Waals surface area contributed by atoms with Crippen LogP contribution in [0.5, 0.6) is 0 Å². The van der Waals surface area contributed by atoms with Crippen molar-refractivity contribution in [2.75, 3.05) is 13.6 Å². The SMILES string of the molecule is CC(=CCN(C)Cc1ccncc1)C(=O)O. The van der Waals surface area contributed by atoms with E-state index in [1.807, 2.05) is 24.1 Å². The van der Waals surface area contributed by atoms with Crippen molar-refractivity contribution >= 4 is 5.97 Å². The second kappa shape index (κ2) is 6.02. The standard InChI is InChI=1S/C12H16N2O2/c1-10(12(15)16)5-8-14(2)9-11-3-6-13-7-4-11/h3-7H,8-9H2,1-2H3,(H,15,16). The highest BCUT2D eigenvalue weighted by atomic mass is 16.4. The Kier molecular flexibility index (Phi) is 4.66. The zero-order valence-corrected chi connectivity index (χ0v) is 9.55. The number of aromatic nitrogens is 1. The molecule has 0 saturated carbocycles. The summed E-state index contributed by atoms with van der Waals surface area (Å²) in [6.07, 6.45) is 5.21. The number of nitrogens with zero attached hydrogens (tertiary/aromatic N) is 2. The van der Waals surface area contributed by atoms with Crippen LogP contribution < -0.4 is 0 Å². The van der Waals surface area contributed by atoms with Gasteiger partial charge in [0.25, 0.3) is 0 Å². The van der Waals surface area contributed by atoms with E-state index in [2.05, 4.69) is 4.98 Å². The first-order chi connectivity index (χ1) is 7.59. The molecule has 0 bridgehead atoms. The first-order valence-corrected chi connectivity index (χ1v) is 5.07. The molecule has 1 aromatic heterocycles. The van der Waals surface area contributed by atoms with E-state index in [1.54, 1.807) is 25.4 Å². The van der Waals surface area contributed by atoms with Gasteiger partial charge in [-0.15, -0.1) is 0 Å². The molecule has 1 heterocycles. The summed E-state index contributed by atoms with van der Waals surface area (Å²) in [6.45, 7) is 3.01. The molecular formula is C12H16N2O2. The second-order valence-corrected chi connectivity index (χ2v) is 3.74. The molecule has 0 radical (unpaired) electrons. The number of hydrogen-bond acceptors (Lipinski definition) is 3. The third kappa shape index (κ3) is 4.23. The highest BCUT2D eigenvalue weighted by molar-refractivity contribution is 5.85. The lowest BCUT2D eigenvalue weighted by molar-refractivity contribution is -0.132. The van der Waals surface area contributed by atoms with E-state index >= 15 is 0 Å². The number of rotatable bonds is 5. The molecule has 0 aliphatic heterocycles. The summed E-state index contributed by atoms with van der Waals surface area (Å²) < 4.78 is 0. The molecule has 1 N–H and O–H groups in total. The molecule has 16 heavy (non-hydrogen) atoms. The Morgan fingerprint density at radius 1 is 1.50 bits per heavy atom. The van der Waals surface area contributed by atoms with Crippen LogP contribution in [-0.4, -0.2) is 34.6 Å². The summed E-state index contributed by atoms with van der Waals surface area (Å²) in [5.74, 6) is -0.864. The zero-order chi connectivity index (χ0) is 12.0. The number of pyridine rings is 1. The largest absolute Gasteiger partial charge is 0.478 e. The van der Waals surface area contributed by atoms with Crippen molar-refractivity contribution in [3.05, 3.63) is 41.7 Å². The van der Waals surface area contributed by atoms with E-state index < -0.39 is 5.97 Å². The van der Waals surface area contributed by atoms with Crippen molar-refractivity contribution in [3.8, 4) is 0 Å². The van der Waals surface area contributed by atoms with Crippen molar-refractivity contribution in [2.45, 2.75) is 13.5 Å². The maximum absolute atomic E-state index is 10.6. The van der Waals surface area contributed by atoms with Gasteiger partial charge in [0.15, 0.2) is 0 Å². The number of hydrogen-bond donors (Lipinski definition) is 1. The van der Waals surface area contributed by atoms with Crippen LogP contribution in [0, 0.1) is 0 Å². The van der Waals surface area contributed by atoms with Gasteiger partial charge in [0.05, 0.1) is 0 Å². The number of carboxylic acid groups (broad SMARTS) is 1. The van der Waals surface area contributed by atoms with Crippen LogP contribution in [0.2, 0.25) is 0 Å². The fourth-order valence-corrected chi connectivity index (χ4v) is 1.24. The van der Waals surface area contributed by atoms with E-state index in [0.717, 1.165) is 6.54 Å². The second-order valence-electron chi connectivity index (χ2n) is 3.74. The Hall–Kier alpha value is -1.68. The lowest BCUT2D eigenvalue weighted by Gasteiger charge is -2.14. The highest BCUT2D eigenvalue weighted by Gasteiger charge is 2.01. The van der Waals surface area contributed by atoms with Crippen molar-refractivity contribution < 1.29 is 9.90 Å². The molecule has 0 aliphatic rings. The number of carboxylic acids is 1. The van der Waals surface area contributed by atoms with Crippen LogP contribution in [0.1, 0.15) is 12.5 Å². The van der Waals surface area contributed by atoms with E-state index in [-0.39, 0.29) is 0 Å². The van der Waals surface area contributed by atoms with Crippen LogP contribution in [0.15, 0.2) is 36.2 Å². The Labute approximate surface area is 95.2 Å². The summed E-state index contributed by atoms with van der Waals surface area (Å²) in [4.78, 5) is 16.6. The molecule has 0 amide bonds. The van der Waals surface area contributed by atoms with E-state index in [0.29, 0.717) is 12.1 Å². The van der Waals surface area contributed by atoms with Crippen LogP contribution in [-0.2, 0) is 11.3 Å². The maximum atomic E-state index is 10.6. The lowest BCUT2D eigenvalue weighted by Crippen LogP contribution is -2.18. The van der Waals surface area contributed by atoms with Gasteiger partial charge >= 0.3 is 5.97 Å². The van der Waals surface area contributed by atoms with Gasteiger partial charge in [-0.2, -0.15) is 0 Å². The minimum Gasteiger partial charge on any atom is -0.478 e. The smallest absolute Gasteiger partial charge is 0.330 e. The van der Waals surface area contributed by atoms with Gasteiger partial charge in [-0.25, -0.2) is 4.79 Å². The molecule has 0 aromatic carbocycles. The molecule has 0 aliphatic carbocycles. The quantitative estimate of drug-likeness (QED) is 0.765. The van der Waals surface area contributed by atoms with Crippen LogP contribution in [0.4, 0.5) is 0 Å². The number of aliphatic carboxylic acids is 1. The van der Waals surface area contributed by atoms with E-state index in [9.17, 15) is 4.79 Å². The predicted octanol–water partition coefficient (Wildman–Crippen LogP) is 1.54. The van der Waals surface area contributed by atoms with E-state index in [4.69, 9.17) is 5.11 Å². The van der Waals surface area contributed by atoms with Crippen molar-refractivity contribution in [3.63, 3.8) is 0 Å². The Morgan fingerprint density at radius 2 is 2.12 bits per heavy atom. The van der Waals surface area contributed by atoms with Gasteiger partial charge < -0.3 is 5.11 Å². The summed E-state index contributed by atoms with van der Waals surface area (Å²) >= 11 is 0. The molecule has 0 spiro atoms. The Morgan fingerprint density at radius 3 is 2.69 bits per heavy atom. The number of carbonyl (C=O) groups is 1. The minimum absolute atomic E-state index is 0.376. The molecule has 0 saturated heterocycles. The van der Waals surface area contributed by atoms with Crippen LogP contribution in [0.25, 0.3) is 0 Å². The minimum atomic E-state index is -0.864. The Balaban J connectivity index is 2.46. The van der Waals surface area contributed by atoms with Crippen LogP contribution in [0.3, 0.4) is 0 Å². The normalized spacial score (nSPS) is 11.8. The topological polar surface area (TPSA) is 53.4 Å². The van der Waals surface area contributed by atoms with Crippen molar-refractivity contribution in [2.24, 2.45) is 0 Å². The van der Waals surface area contributed by atoms with Gasteiger partial charge in [-0.1, -0.05) is 6.08 Å². The molecule has 86 valence electrons. The molecule has 1 aromatic rings. The molecule has 0 atom stereocenters. The van der Waals surface area contributed by atoms with Gasteiger partial charge in [0.2, 0.25) is 0 Å². The van der Waals surface area contributed by atoms with Gasteiger partial charge in [-0.05, 0) is 31.7 Å². The van der Waals surface area contributed by atoms with E-state index in [1.165, 1.54) is 5.56 Å². The van der Waals surface area contributed by atoms with Crippen LogP contribution >= 0.6 is 0 Å². The van der Waals surface area contributed by atoms with Gasteiger partial charge in [0.1, 0.15) is 0 Å². The number of likely N-dealkylation sites (N-methyl/N-ethyl adjacent to an activating group) is 1. The van der Waals surface area contributed by atoms with Crippen molar-refractivity contribution in [1.29, 1.82) is 0 Å². The third-order valence-electron chi connectivity index (χ3n) is 2.25. The molecule has 1 rings (SSSR count). The molecular weight excluding hydrogens is 204 g/mol. The average Bonchev–Trinajstić information content (AvgIpc) is 2.27. The molecule has 4 heteroatoms. The highest BCUT2D eigenvalue weighted by Crippen LogP contribution is 2.01. The molecule has 0 fully saturated rings. The average molecular weight is 220 g/mol. The molecule has 4 nitrogen and oxygen atoms in total. The fraction of sp³-hybridized carbons (Fsp3) is 0.333.